The molecule has 1 aromatic heterocycles. The fourth-order valence-electron chi connectivity index (χ4n) is 2.35. The van der Waals surface area contributed by atoms with Crippen molar-refractivity contribution in [3.8, 4) is 17.8 Å². The Balaban J connectivity index is 2.12. The Morgan fingerprint density at radius 3 is 2.27 bits per heavy atom. The van der Waals surface area contributed by atoms with Gasteiger partial charge in [0.1, 0.15) is 11.7 Å². The lowest BCUT2D eigenvalue weighted by molar-refractivity contribution is -0.116. The fourth-order valence-corrected chi connectivity index (χ4v) is 2.35. The van der Waals surface area contributed by atoms with E-state index in [-0.39, 0.29) is 23.8 Å². The van der Waals surface area contributed by atoms with Crippen LogP contribution in [0.25, 0.3) is 0 Å². The second-order valence-corrected chi connectivity index (χ2v) is 4.51. The van der Waals surface area contributed by atoms with Crippen LogP contribution >= 0.6 is 0 Å². The van der Waals surface area contributed by atoms with E-state index in [1.54, 1.807) is 19.2 Å². The Hall–Kier alpha value is -2.90. The van der Waals surface area contributed by atoms with Crippen LogP contribution in [0.2, 0.25) is 0 Å². The number of methoxy groups -OCH3 is 3. The summed E-state index contributed by atoms with van der Waals surface area (Å²) in [5, 5.41) is 2.79. The predicted octanol–water partition coefficient (Wildman–Crippen LogP) is 0.981. The normalized spacial score (nSPS) is 16.0. The van der Waals surface area contributed by atoms with E-state index in [0.717, 1.165) is 5.56 Å². The molecule has 0 radical (unpaired) electrons. The zero-order chi connectivity index (χ0) is 15.7. The molecular formula is C14H14N4O4. The van der Waals surface area contributed by atoms with Crippen molar-refractivity contribution in [2.45, 2.75) is 5.92 Å². The van der Waals surface area contributed by atoms with E-state index in [1.165, 1.54) is 14.2 Å². The van der Waals surface area contributed by atoms with Gasteiger partial charge in [-0.2, -0.15) is 9.97 Å². The van der Waals surface area contributed by atoms with Gasteiger partial charge in [-0.25, -0.2) is 0 Å². The number of hydrogen-bond acceptors (Lipinski definition) is 7. The Morgan fingerprint density at radius 2 is 1.68 bits per heavy atom. The zero-order valence-corrected chi connectivity index (χ0v) is 12.3. The smallest absolute Gasteiger partial charge is 0.322 e. The third kappa shape index (κ3) is 2.18. The minimum Gasteiger partial charge on any atom is -0.495 e. The lowest BCUT2D eigenvalue weighted by Gasteiger charge is -2.10. The molecule has 3 rings (SSSR count). The van der Waals surface area contributed by atoms with Crippen LogP contribution in [0, 0.1) is 0 Å². The highest BCUT2D eigenvalue weighted by molar-refractivity contribution is 6.06. The summed E-state index contributed by atoms with van der Waals surface area (Å²) in [7, 11) is 4.42. The number of ether oxygens (including phenoxy) is 3. The van der Waals surface area contributed by atoms with Crippen LogP contribution in [0.4, 0.5) is 5.69 Å². The maximum absolute atomic E-state index is 12.4. The molecule has 8 nitrogen and oxygen atoms in total. The number of para-hydroxylation sites is 1. The van der Waals surface area contributed by atoms with Gasteiger partial charge in [-0.05, 0) is 11.6 Å². The average molecular weight is 302 g/mol. The molecule has 2 aromatic rings. The van der Waals surface area contributed by atoms with E-state index >= 15 is 0 Å². The number of carbonyl (C=O) groups excluding carboxylic acids is 1. The van der Waals surface area contributed by atoms with Crippen LogP contribution in [-0.2, 0) is 4.79 Å². The highest BCUT2D eigenvalue weighted by Crippen LogP contribution is 2.41. The SMILES string of the molecule is COc1nc(OC)nc(C2C(=O)Nc3c(OC)cccc32)n1. The number of rotatable bonds is 4. The van der Waals surface area contributed by atoms with Crippen molar-refractivity contribution >= 4 is 11.6 Å². The average Bonchev–Trinajstić information content (AvgIpc) is 2.89. The van der Waals surface area contributed by atoms with E-state index in [9.17, 15) is 4.79 Å². The fraction of sp³-hybridized carbons (Fsp3) is 0.286. The van der Waals surface area contributed by atoms with Gasteiger partial charge in [0.2, 0.25) is 5.91 Å². The minimum atomic E-state index is -0.670. The Morgan fingerprint density at radius 1 is 1.00 bits per heavy atom. The number of nitrogens with one attached hydrogen (secondary N) is 1. The van der Waals surface area contributed by atoms with Crippen molar-refractivity contribution in [2.24, 2.45) is 0 Å². The molecular weight excluding hydrogens is 288 g/mol. The van der Waals surface area contributed by atoms with Crippen molar-refractivity contribution in [1.29, 1.82) is 0 Å². The molecule has 1 amide bonds. The summed E-state index contributed by atoms with van der Waals surface area (Å²) >= 11 is 0. The second kappa shape index (κ2) is 5.47. The highest BCUT2D eigenvalue weighted by atomic mass is 16.5. The van der Waals surface area contributed by atoms with Crippen LogP contribution in [0.1, 0.15) is 17.3 Å². The van der Waals surface area contributed by atoms with Crippen LogP contribution in [0.3, 0.4) is 0 Å². The monoisotopic (exact) mass is 302 g/mol. The van der Waals surface area contributed by atoms with Crippen LogP contribution in [0.5, 0.6) is 17.8 Å². The lowest BCUT2D eigenvalue weighted by atomic mass is 9.99. The molecule has 1 atom stereocenters. The molecule has 22 heavy (non-hydrogen) atoms. The molecule has 1 aliphatic heterocycles. The number of nitrogens with zero attached hydrogens (tertiary/aromatic N) is 3. The third-order valence-corrected chi connectivity index (χ3v) is 3.33. The van der Waals surface area contributed by atoms with Crippen molar-refractivity contribution in [2.75, 3.05) is 26.6 Å². The number of benzene rings is 1. The molecule has 0 fully saturated rings. The first-order chi connectivity index (χ1) is 10.7. The molecule has 114 valence electrons. The number of anilines is 1. The summed E-state index contributed by atoms with van der Waals surface area (Å²) in [6.07, 6.45) is 0. The van der Waals surface area contributed by atoms with E-state index in [1.807, 2.05) is 6.07 Å². The number of aromatic nitrogens is 3. The molecule has 1 unspecified atom stereocenters. The van der Waals surface area contributed by atoms with Crippen molar-refractivity contribution in [3.05, 3.63) is 29.6 Å². The molecule has 8 heteroatoms. The third-order valence-electron chi connectivity index (χ3n) is 3.33. The maximum atomic E-state index is 12.4. The topological polar surface area (TPSA) is 95.5 Å². The van der Waals surface area contributed by atoms with Gasteiger partial charge >= 0.3 is 12.0 Å². The minimum absolute atomic E-state index is 0.0889. The second-order valence-electron chi connectivity index (χ2n) is 4.51. The molecule has 0 spiro atoms. The highest BCUT2D eigenvalue weighted by Gasteiger charge is 2.36. The van der Waals surface area contributed by atoms with Crippen LogP contribution in [0.15, 0.2) is 18.2 Å². The number of carbonyl (C=O) groups is 1. The Labute approximate surface area is 126 Å². The quantitative estimate of drug-likeness (QED) is 0.899. The predicted molar refractivity (Wildman–Crippen MR) is 76.4 cm³/mol. The van der Waals surface area contributed by atoms with E-state index in [0.29, 0.717) is 11.4 Å². The molecule has 0 saturated heterocycles. The van der Waals surface area contributed by atoms with Gasteiger partial charge in [0, 0.05) is 0 Å². The van der Waals surface area contributed by atoms with Crippen molar-refractivity contribution in [3.63, 3.8) is 0 Å². The summed E-state index contributed by atoms with van der Waals surface area (Å²) in [6.45, 7) is 0. The van der Waals surface area contributed by atoms with Crippen LogP contribution < -0.4 is 19.5 Å². The van der Waals surface area contributed by atoms with Crippen molar-refractivity contribution < 1.29 is 19.0 Å². The van der Waals surface area contributed by atoms with Gasteiger partial charge in [0.25, 0.3) is 0 Å². The van der Waals surface area contributed by atoms with Crippen LogP contribution in [-0.4, -0.2) is 42.2 Å². The molecule has 1 aromatic carbocycles. The lowest BCUT2D eigenvalue weighted by Crippen LogP contribution is -2.17. The maximum Gasteiger partial charge on any atom is 0.322 e. The largest absolute Gasteiger partial charge is 0.495 e. The van der Waals surface area contributed by atoms with Gasteiger partial charge in [0.15, 0.2) is 5.82 Å². The van der Waals surface area contributed by atoms with Gasteiger partial charge in [-0.3, -0.25) is 4.79 Å². The molecule has 1 N–H and O–H groups in total. The first-order valence-corrected chi connectivity index (χ1v) is 6.49. The van der Waals surface area contributed by atoms with Gasteiger partial charge in [-0.15, -0.1) is 4.98 Å². The number of fused-ring (bicyclic) bond motifs is 1. The molecule has 0 bridgehead atoms. The summed E-state index contributed by atoms with van der Waals surface area (Å²) < 4.78 is 15.3. The van der Waals surface area contributed by atoms with E-state index in [2.05, 4.69) is 20.3 Å². The summed E-state index contributed by atoms with van der Waals surface area (Å²) in [6, 6.07) is 5.58. The zero-order valence-electron chi connectivity index (χ0n) is 12.3. The Kier molecular flexibility index (Phi) is 3.50. The van der Waals surface area contributed by atoms with Gasteiger partial charge in [-0.1, -0.05) is 12.1 Å². The number of hydrogen-bond donors (Lipinski definition) is 1. The summed E-state index contributed by atoms with van der Waals surface area (Å²) in [5.74, 6) is -0.0692. The number of amides is 1. The first-order valence-electron chi connectivity index (χ1n) is 6.49. The van der Waals surface area contributed by atoms with Gasteiger partial charge < -0.3 is 19.5 Å². The molecule has 0 aliphatic carbocycles. The standard InChI is InChI=1S/C14H14N4O4/c1-20-8-6-4-5-7-9(12(19)15-10(7)8)11-16-13(21-2)18-14(17-11)22-3/h4-6,9H,1-3H3,(H,15,19). The van der Waals surface area contributed by atoms with Gasteiger partial charge in [0.05, 0.1) is 27.0 Å². The van der Waals surface area contributed by atoms with E-state index < -0.39 is 5.92 Å². The van der Waals surface area contributed by atoms with Crippen molar-refractivity contribution in [1.82, 2.24) is 15.0 Å². The summed E-state index contributed by atoms with van der Waals surface area (Å²) in [4.78, 5) is 24.6. The molecule has 0 saturated carbocycles. The molecule has 2 heterocycles. The molecule has 1 aliphatic rings. The summed E-state index contributed by atoms with van der Waals surface area (Å²) in [5.41, 5.74) is 1.36. The first kappa shape index (κ1) is 14.1. The Bertz CT molecular complexity index is 713. The van der Waals surface area contributed by atoms with E-state index in [4.69, 9.17) is 14.2 Å².